The summed E-state index contributed by atoms with van der Waals surface area (Å²) in [7, 11) is 0. The van der Waals surface area contributed by atoms with E-state index in [0.717, 1.165) is 0 Å². The first-order valence-electron chi connectivity index (χ1n) is 5.48. The summed E-state index contributed by atoms with van der Waals surface area (Å²) in [5, 5.41) is 46.0. The lowest BCUT2D eigenvalue weighted by atomic mass is 9.99. The number of aliphatic hydroxyl groups is 4. The van der Waals surface area contributed by atoms with Crippen LogP contribution in [0.5, 0.6) is 0 Å². The molecule has 1 rings (SSSR count). The number of nitriles is 1. The Morgan fingerprint density at radius 1 is 1.33 bits per heavy atom. The summed E-state index contributed by atoms with van der Waals surface area (Å²) in [5.41, 5.74) is 0.620. The molecule has 0 amide bonds. The van der Waals surface area contributed by atoms with Crippen LogP contribution < -0.4 is 0 Å². The second-order valence-corrected chi connectivity index (χ2v) is 4.13. The molecule has 102 valence electrons. The molecule has 0 saturated carbocycles. The van der Waals surface area contributed by atoms with Gasteiger partial charge in [-0.1, -0.05) is 0 Å². The molecule has 0 spiro atoms. The molecule has 7 nitrogen and oxygen atoms in total. The normalized spacial score (nSPS) is 37.3. The Kier molecular flexibility index (Phi) is 5.68. The molecule has 0 aromatic rings. The summed E-state index contributed by atoms with van der Waals surface area (Å²) in [6.45, 7) is 1.20. The molecule has 1 saturated heterocycles. The first-order chi connectivity index (χ1) is 8.51. The van der Waals surface area contributed by atoms with Crippen LogP contribution in [-0.4, -0.2) is 64.3 Å². The maximum atomic E-state index is 9.64. The second kappa shape index (κ2) is 6.80. The molecule has 1 aliphatic rings. The fourth-order valence-corrected chi connectivity index (χ4v) is 1.57. The molecule has 1 heterocycles. The fourth-order valence-electron chi connectivity index (χ4n) is 1.57. The van der Waals surface area contributed by atoms with Crippen LogP contribution in [-0.2, 0) is 9.47 Å². The van der Waals surface area contributed by atoms with Gasteiger partial charge in [-0.2, -0.15) is 5.26 Å². The molecule has 0 aromatic heterocycles. The van der Waals surface area contributed by atoms with Gasteiger partial charge in [-0.15, -0.1) is 0 Å². The van der Waals surface area contributed by atoms with Crippen molar-refractivity contribution in [3.63, 3.8) is 0 Å². The molecule has 0 aromatic carbocycles. The predicted octanol–water partition coefficient (Wildman–Crippen LogP) is -1.73. The van der Waals surface area contributed by atoms with Gasteiger partial charge < -0.3 is 29.9 Å². The molecule has 1 fully saturated rings. The van der Waals surface area contributed by atoms with E-state index in [2.05, 4.69) is 0 Å². The number of aliphatic hydroxyl groups excluding tert-OH is 4. The van der Waals surface area contributed by atoms with Crippen LogP contribution in [0.15, 0.2) is 11.6 Å². The van der Waals surface area contributed by atoms with Crippen molar-refractivity contribution in [1.29, 1.82) is 5.26 Å². The molecule has 0 radical (unpaired) electrons. The third-order valence-electron chi connectivity index (χ3n) is 2.63. The number of ether oxygens (including phenoxy) is 2. The highest BCUT2D eigenvalue weighted by Gasteiger charge is 2.43. The maximum absolute atomic E-state index is 9.64. The minimum atomic E-state index is -1.46. The zero-order chi connectivity index (χ0) is 13.7. The zero-order valence-electron chi connectivity index (χ0n) is 9.93. The third-order valence-corrected chi connectivity index (χ3v) is 2.63. The van der Waals surface area contributed by atoms with Gasteiger partial charge in [0, 0.05) is 6.08 Å². The van der Waals surface area contributed by atoms with E-state index in [4.69, 9.17) is 19.8 Å². The van der Waals surface area contributed by atoms with Crippen LogP contribution >= 0.6 is 0 Å². The maximum Gasteiger partial charge on any atom is 0.187 e. The lowest BCUT2D eigenvalue weighted by Crippen LogP contribution is -2.59. The molecule has 0 bridgehead atoms. The van der Waals surface area contributed by atoms with E-state index in [-0.39, 0.29) is 6.61 Å². The van der Waals surface area contributed by atoms with Gasteiger partial charge in [0.05, 0.1) is 19.3 Å². The van der Waals surface area contributed by atoms with Crippen LogP contribution in [0.2, 0.25) is 0 Å². The molecule has 0 aliphatic carbocycles. The molecular weight excluding hydrogens is 242 g/mol. The van der Waals surface area contributed by atoms with Gasteiger partial charge in [-0.25, -0.2) is 0 Å². The van der Waals surface area contributed by atoms with Crippen LogP contribution in [0.4, 0.5) is 0 Å². The monoisotopic (exact) mass is 259 g/mol. The minimum absolute atomic E-state index is 0.0379. The summed E-state index contributed by atoms with van der Waals surface area (Å²) in [5.74, 6) is 0. The summed E-state index contributed by atoms with van der Waals surface area (Å²) in [4.78, 5) is 0. The number of nitrogens with zero attached hydrogens (tertiary/aromatic N) is 1. The van der Waals surface area contributed by atoms with Crippen molar-refractivity contribution in [1.82, 2.24) is 0 Å². The van der Waals surface area contributed by atoms with Crippen LogP contribution in [0, 0.1) is 11.3 Å². The van der Waals surface area contributed by atoms with Gasteiger partial charge in [0.1, 0.15) is 24.4 Å². The van der Waals surface area contributed by atoms with E-state index in [1.807, 2.05) is 6.07 Å². The summed E-state index contributed by atoms with van der Waals surface area (Å²) in [6, 6.07) is 1.83. The average Bonchev–Trinajstić information content (AvgIpc) is 2.35. The molecule has 4 N–H and O–H groups in total. The quantitative estimate of drug-likeness (QED) is 0.442. The lowest BCUT2D eigenvalue weighted by molar-refractivity contribution is -0.299. The van der Waals surface area contributed by atoms with E-state index in [1.165, 1.54) is 6.08 Å². The Bertz CT molecular complexity index is 337. The zero-order valence-corrected chi connectivity index (χ0v) is 9.93. The van der Waals surface area contributed by atoms with Gasteiger partial charge in [0.2, 0.25) is 0 Å². The Morgan fingerprint density at radius 3 is 2.56 bits per heavy atom. The largest absolute Gasteiger partial charge is 0.394 e. The second-order valence-electron chi connectivity index (χ2n) is 4.13. The predicted molar refractivity (Wildman–Crippen MR) is 59.1 cm³/mol. The van der Waals surface area contributed by atoms with Gasteiger partial charge in [0.15, 0.2) is 6.29 Å². The molecule has 0 unspecified atom stereocenters. The molecule has 1 aliphatic heterocycles. The molecule has 5 atom stereocenters. The molecule has 7 heteroatoms. The average molecular weight is 259 g/mol. The van der Waals surface area contributed by atoms with Crippen molar-refractivity contribution in [2.75, 3.05) is 13.2 Å². The summed E-state index contributed by atoms with van der Waals surface area (Å²) in [6.07, 6.45) is -5.15. The smallest absolute Gasteiger partial charge is 0.187 e. The highest BCUT2D eigenvalue weighted by atomic mass is 16.7. The Hall–Kier alpha value is -1.01. The summed E-state index contributed by atoms with van der Waals surface area (Å²) >= 11 is 0. The molecule has 18 heavy (non-hydrogen) atoms. The first kappa shape index (κ1) is 15.0. The van der Waals surface area contributed by atoms with Gasteiger partial charge in [-0.05, 0) is 12.5 Å². The summed E-state index contributed by atoms with van der Waals surface area (Å²) < 4.78 is 10.3. The topological polar surface area (TPSA) is 123 Å². The Morgan fingerprint density at radius 2 is 2.00 bits per heavy atom. The SMILES string of the molecule is CC(=CC#N)CO[C@@H]1O[C@H](CO)[C@@H](O)[C@H](O)[C@H]1O. The van der Waals surface area contributed by atoms with Crippen LogP contribution in [0.3, 0.4) is 0 Å². The van der Waals surface area contributed by atoms with Gasteiger partial charge in [-0.3, -0.25) is 0 Å². The van der Waals surface area contributed by atoms with Crippen molar-refractivity contribution in [2.24, 2.45) is 0 Å². The van der Waals surface area contributed by atoms with Crippen molar-refractivity contribution < 1.29 is 29.9 Å². The highest BCUT2D eigenvalue weighted by Crippen LogP contribution is 2.22. The number of hydrogen-bond acceptors (Lipinski definition) is 7. The van der Waals surface area contributed by atoms with Gasteiger partial charge in [0.25, 0.3) is 0 Å². The van der Waals surface area contributed by atoms with Crippen molar-refractivity contribution in [2.45, 2.75) is 37.6 Å². The number of hydrogen-bond donors (Lipinski definition) is 4. The Labute approximate surface area is 104 Å². The number of allylic oxidation sites excluding steroid dienone is 1. The standard InChI is InChI=1S/C11H17NO6/c1-6(2-3-12)5-17-11-10(16)9(15)8(14)7(4-13)18-11/h2,7-11,13-16H,4-5H2,1H3/t7-,8-,9+,10-,11-/m1/s1. The number of rotatable bonds is 4. The molecular formula is C11H17NO6. The first-order valence-corrected chi connectivity index (χ1v) is 5.48. The van der Waals surface area contributed by atoms with Crippen molar-refractivity contribution in [3.05, 3.63) is 11.6 Å². The van der Waals surface area contributed by atoms with E-state index < -0.39 is 37.3 Å². The van der Waals surface area contributed by atoms with Crippen LogP contribution in [0.1, 0.15) is 6.92 Å². The van der Waals surface area contributed by atoms with Crippen molar-refractivity contribution >= 4 is 0 Å². The lowest BCUT2D eigenvalue weighted by Gasteiger charge is -2.39. The van der Waals surface area contributed by atoms with Gasteiger partial charge >= 0.3 is 0 Å². The minimum Gasteiger partial charge on any atom is -0.394 e. The van der Waals surface area contributed by atoms with E-state index in [9.17, 15) is 15.3 Å². The van der Waals surface area contributed by atoms with Crippen molar-refractivity contribution in [3.8, 4) is 6.07 Å². The van der Waals surface area contributed by atoms with Crippen LogP contribution in [0.25, 0.3) is 0 Å². The highest BCUT2D eigenvalue weighted by molar-refractivity contribution is 5.11. The van der Waals surface area contributed by atoms with E-state index >= 15 is 0 Å². The fraction of sp³-hybridized carbons (Fsp3) is 0.727. The Balaban J connectivity index is 2.60. The van der Waals surface area contributed by atoms with E-state index in [0.29, 0.717) is 5.57 Å². The third kappa shape index (κ3) is 3.49. The van der Waals surface area contributed by atoms with E-state index in [1.54, 1.807) is 6.92 Å².